The number of carbonyl (C=O) groups is 2. The van der Waals surface area contributed by atoms with Gasteiger partial charge < -0.3 is 19.9 Å². The molecule has 134 valence electrons. The standard InChI is InChI=1S/C15H17FN4O5/c1-8(9-4-12(24-2)13(25-3)5-10(9)16)17-14(21)7-20-6-11(15(22)23)18-19-20/h4-6,8H,7H2,1-3H3,(H,17,21)(H,22,23). The van der Waals surface area contributed by atoms with Crippen molar-refractivity contribution in [2.75, 3.05) is 14.2 Å². The second-order valence-electron chi connectivity index (χ2n) is 5.12. The number of carboxylic acids is 1. The molecule has 1 heterocycles. The van der Waals surface area contributed by atoms with E-state index in [1.54, 1.807) is 6.92 Å². The lowest BCUT2D eigenvalue weighted by Crippen LogP contribution is -2.30. The van der Waals surface area contributed by atoms with Gasteiger partial charge in [0.1, 0.15) is 12.4 Å². The van der Waals surface area contributed by atoms with Crippen LogP contribution in [-0.2, 0) is 11.3 Å². The fourth-order valence-corrected chi connectivity index (χ4v) is 2.19. The van der Waals surface area contributed by atoms with E-state index >= 15 is 0 Å². The van der Waals surface area contributed by atoms with Crippen LogP contribution in [0.25, 0.3) is 0 Å². The molecule has 1 aromatic carbocycles. The average Bonchev–Trinajstić information content (AvgIpc) is 3.02. The van der Waals surface area contributed by atoms with Gasteiger partial charge in [-0.1, -0.05) is 5.21 Å². The molecular weight excluding hydrogens is 335 g/mol. The van der Waals surface area contributed by atoms with Gasteiger partial charge in [-0.05, 0) is 13.0 Å². The Hall–Kier alpha value is -3.17. The fraction of sp³-hybridized carbons (Fsp3) is 0.333. The van der Waals surface area contributed by atoms with E-state index in [0.29, 0.717) is 5.75 Å². The number of carbonyl (C=O) groups excluding carboxylic acids is 1. The molecule has 1 aromatic heterocycles. The largest absolute Gasteiger partial charge is 0.493 e. The summed E-state index contributed by atoms with van der Waals surface area (Å²) >= 11 is 0. The number of hydrogen-bond acceptors (Lipinski definition) is 6. The highest BCUT2D eigenvalue weighted by Crippen LogP contribution is 2.32. The number of aromatic nitrogens is 3. The Kier molecular flexibility index (Phi) is 5.52. The number of rotatable bonds is 7. The predicted octanol–water partition coefficient (Wildman–Crippen LogP) is 1.01. The van der Waals surface area contributed by atoms with E-state index in [4.69, 9.17) is 14.6 Å². The molecule has 0 bridgehead atoms. The quantitative estimate of drug-likeness (QED) is 0.764. The molecule has 0 spiro atoms. The maximum atomic E-state index is 14.2. The van der Waals surface area contributed by atoms with Crippen LogP contribution < -0.4 is 14.8 Å². The number of carboxylic acid groups (broad SMARTS) is 1. The predicted molar refractivity (Wildman–Crippen MR) is 83.0 cm³/mol. The Balaban J connectivity index is 2.09. The van der Waals surface area contributed by atoms with Gasteiger partial charge in [-0.15, -0.1) is 5.10 Å². The van der Waals surface area contributed by atoms with Gasteiger partial charge in [0, 0.05) is 11.6 Å². The molecule has 0 fully saturated rings. The maximum absolute atomic E-state index is 14.2. The highest BCUT2D eigenvalue weighted by atomic mass is 19.1. The zero-order chi connectivity index (χ0) is 18.6. The van der Waals surface area contributed by atoms with Crippen molar-refractivity contribution >= 4 is 11.9 Å². The van der Waals surface area contributed by atoms with Crippen LogP contribution >= 0.6 is 0 Å². The molecule has 9 nitrogen and oxygen atoms in total. The number of amides is 1. The van der Waals surface area contributed by atoms with Crippen molar-refractivity contribution in [1.82, 2.24) is 20.3 Å². The minimum atomic E-state index is -1.24. The Bertz CT molecular complexity index is 792. The Morgan fingerprint density at radius 2 is 1.96 bits per heavy atom. The molecule has 0 saturated carbocycles. The van der Waals surface area contributed by atoms with Crippen molar-refractivity contribution < 1.29 is 28.6 Å². The first kappa shape index (κ1) is 18.2. The van der Waals surface area contributed by atoms with Gasteiger partial charge in [0.15, 0.2) is 17.2 Å². The lowest BCUT2D eigenvalue weighted by Gasteiger charge is -2.17. The average molecular weight is 352 g/mol. The van der Waals surface area contributed by atoms with E-state index < -0.39 is 23.7 Å². The van der Waals surface area contributed by atoms with Crippen LogP contribution in [0, 0.1) is 5.82 Å². The zero-order valence-electron chi connectivity index (χ0n) is 13.8. The van der Waals surface area contributed by atoms with Gasteiger partial charge >= 0.3 is 5.97 Å². The first-order valence-corrected chi connectivity index (χ1v) is 7.20. The molecule has 1 unspecified atom stereocenters. The number of nitrogens with one attached hydrogen (secondary N) is 1. The van der Waals surface area contributed by atoms with Crippen molar-refractivity contribution in [2.24, 2.45) is 0 Å². The summed E-state index contributed by atoms with van der Waals surface area (Å²) in [7, 11) is 2.82. The molecule has 0 aliphatic carbocycles. The van der Waals surface area contributed by atoms with Gasteiger partial charge in [-0.2, -0.15) is 0 Å². The van der Waals surface area contributed by atoms with Gasteiger partial charge in [-0.25, -0.2) is 13.9 Å². The second kappa shape index (κ2) is 7.60. The van der Waals surface area contributed by atoms with E-state index in [1.807, 2.05) is 0 Å². The van der Waals surface area contributed by atoms with E-state index in [1.165, 1.54) is 26.4 Å². The van der Waals surface area contributed by atoms with Crippen LogP contribution in [0.4, 0.5) is 4.39 Å². The van der Waals surface area contributed by atoms with Crippen LogP contribution in [0.3, 0.4) is 0 Å². The second-order valence-corrected chi connectivity index (χ2v) is 5.12. The lowest BCUT2D eigenvalue weighted by molar-refractivity contribution is -0.122. The third kappa shape index (κ3) is 4.22. The Morgan fingerprint density at radius 3 is 2.52 bits per heavy atom. The summed E-state index contributed by atoms with van der Waals surface area (Å²) in [5, 5.41) is 18.3. The number of nitrogens with zero attached hydrogens (tertiary/aromatic N) is 3. The molecule has 1 atom stereocenters. The minimum Gasteiger partial charge on any atom is -0.493 e. The van der Waals surface area contributed by atoms with Gasteiger partial charge in [-0.3, -0.25) is 4.79 Å². The lowest BCUT2D eigenvalue weighted by atomic mass is 10.1. The number of aromatic carboxylic acids is 1. The van der Waals surface area contributed by atoms with Crippen molar-refractivity contribution in [2.45, 2.75) is 19.5 Å². The highest BCUT2D eigenvalue weighted by molar-refractivity contribution is 5.84. The molecule has 0 radical (unpaired) electrons. The highest BCUT2D eigenvalue weighted by Gasteiger charge is 2.18. The minimum absolute atomic E-state index is 0.218. The smallest absolute Gasteiger partial charge is 0.358 e. The summed E-state index contributed by atoms with van der Waals surface area (Å²) in [4.78, 5) is 22.8. The topological polar surface area (TPSA) is 116 Å². The summed E-state index contributed by atoms with van der Waals surface area (Å²) in [5.41, 5.74) is -0.0531. The Labute approximate surface area is 142 Å². The van der Waals surface area contributed by atoms with E-state index in [2.05, 4.69) is 15.6 Å². The number of methoxy groups -OCH3 is 2. The first-order chi connectivity index (χ1) is 11.8. The summed E-state index contributed by atoms with van der Waals surface area (Å²) in [5.74, 6) is -1.70. The third-order valence-corrected chi connectivity index (χ3v) is 3.41. The molecule has 2 rings (SSSR count). The van der Waals surface area contributed by atoms with E-state index in [-0.39, 0.29) is 23.6 Å². The van der Waals surface area contributed by atoms with Gasteiger partial charge in [0.2, 0.25) is 5.91 Å². The van der Waals surface area contributed by atoms with Gasteiger partial charge in [0.25, 0.3) is 0 Å². The third-order valence-electron chi connectivity index (χ3n) is 3.41. The van der Waals surface area contributed by atoms with Crippen molar-refractivity contribution in [3.8, 4) is 11.5 Å². The molecule has 1 amide bonds. The zero-order valence-corrected chi connectivity index (χ0v) is 13.8. The Morgan fingerprint density at radius 1 is 1.32 bits per heavy atom. The van der Waals surface area contributed by atoms with Crippen LogP contribution in [0.1, 0.15) is 29.0 Å². The molecule has 0 saturated heterocycles. The number of halogens is 1. The van der Waals surface area contributed by atoms with E-state index in [0.717, 1.165) is 10.9 Å². The molecule has 0 aliphatic heterocycles. The van der Waals surface area contributed by atoms with Crippen molar-refractivity contribution in [3.05, 3.63) is 35.4 Å². The number of benzene rings is 1. The van der Waals surface area contributed by atoms with E-state index in [9.17, 15) is 14.0 Å². The monoisotopic (exact) mass is 352 g/mol. The number of hydrogen-bond donors (Lipinski definition) is 2. The molecular formula is C15H17FN4O5. The SMILES string of the molecule is COc1cc(F)c(C(C)NC(=O)Cn2cc(C(=O)O)nn2)cc1OC. The molecule has 10 heteroatoms. The first-order valence-electron chi connectivity index (χ1n) is 7.20. The van der Waals surface area contributed by atoms with Crippen LogP contribution in [-0.4, -0.2) is 46.2 Å². The summed E-state index contributed by atoms with van der Waals surface area (Å²) < 4.78 is 25.4. The summed E-state index contributed by atoms with van der Waals surface area (Å²) in [6.07, 6.45) is 1.13. The van der Waals surface area contributed by atoms with Gasteiger partial charge in [0.05, 0.1) is 26.5 Å². The molecule has 0 aliphatic rings. The van der Waals surface area contributed by atoms with Crippen molar-refractivity contribution in [3.63, 3.8) is 0 Å². The van der Waals surface area contributed by atoms with Crippen LogP contribution in [0.2, 0.25) is 0 Å². The molecule has 2 N–H and O–H groups in total. The summed E-state index contributed by atoms with van der Waals surface area (Å²) in [6, 6.07) is 1.96. The number of ether oxygens (including phenoxy) is 2. The molecule has 25 heavy (non-hydrogen) atoms. The molecule has 2 aromatic rings. The maximum Gasteiger partial charge on any atom is 0.358 e. The normalized spacial score (nSPS) is 11.7. The summed E-state index contributed by atoms with van der Waals surface area (Å²) in [6.45, 7) is 1.35. The van der Waals surface area contributed by atoms with Crippen LogP contribution in [0.15, 0.2) is 18.3 Å². The van der Waals surface area contributed by atoms with Crippen LogP contribution in [0.5, 0.6) is 11.5 Å². The van der Waals surface area contributed by atoms with Crippen molar-refractivity contribution in [1.29, 1.82) is 0 Å². The fourth-order valence-electron chi connectivity index (χ4n) is 2.19.